The molecule has 0 radical (unpaired) electrons. The van der Waals surface area contributed by atoms with Crippen molar-refractivity contribution in [3.63, 3.8) is 0 Å². The zero-order chi connectivity index (χ0) is 25.1. The fourth-order valence-corrected chi connectivity index (χ4v) is 2.76. The van der Waals surface area contributed by atoms with Gasteiger partial charge >= 0.3 is 0 Å². The monoisotopic (exact) mass is 461 g/mol. The Morgan fingerprint density at radius 2 is 1.44 bits per heavy atom. The summed E-state index contributed by atoms with van der Waals surface area (Å²) < 4.78 is 5.19. The molecule has 3 rings (SSSR count). The number of aromatic nitrogens is 3. The number of carbonyl (C=O) groups is 2. The molecule has 0 saturated heterocycles. The van der Waals surface area contributed by atoms with Crippen molar-refractivity contribution in [3.8, 4) is 5.75 Å². The summed E-state index contributed by atoms with van der Waals surface area (Å²) in [5.74, 6) is 0.723. The number of benzene rings is 1. The molecule has 178 valence electrons. The Hall–Kier alpha value is -3.81. The average molecular weight is 462 g/mol. The molecule has 1 aromatic carbocycles. The third kappa shape index (κ3) is 6.15. The highest BCUT2D eigenvalue weighted by Gasteiger charge is 2.25. The smallest absolute Gasteiger partial charge is 0.233 e. The molecule has 34 heavy (non-hydrogen) atoms. The van der Waals surface area contributed by atoms with Crippen LogP contribution in [-0.4, -0.2) is 33.9 Å². The summed E-state index contributed by atoms with van der Waals surface area (Å²) in [6.45, 7) is 10.8. The van der Waals surface area contributed by atoms with Crippen molar-refractivity contribution in [1.29, 1.82) is 0 Å². The zero-order valence-electron chi connectivity index (χ0n) is 20.7. The number of amides is 2. The van der Waals surface area contributed by atoms with Gasteiger partial charge in [0.25, 0.3) is 0 Å². The predicted octanol–water partition coefficient (Wildman–Crippen LogP) is 5.17. The maximum Gasteiger partial charge on any atom is 0.233 e. The summed E-state index contributed by atoms with van der Waals surface area (Å²) in [5.41, 5.74) is 0.913. The van der Waals surface area contributed by atoms with Crippen molar-refractivity contribution in [2.75, 3.05) is 17.7 Å². The van der Waals surface area contributed by atoms with E-state index in [9.17, 15) is 9.59 Å². The molecule has 0 aliphatic rings. The Bertz CT molecular complexity index is 1240. The van der Waals surface area contributed by atoms with E-state index in [1.165, 1.54) is 0 Å². The van der Waals surface area contributed by atoms with Gasteiger partial charge in [-0.05, 0) is 29.3 Å². The van der Waals surface area contributed by atoms with Crippen LogP contribution in [0.4, 0.5) is 11.8 Å². The summed E-state index contributed by atoms with van der Waals surface area (Å²) in [4.78, 5) is 38.5. The van der Waals surface area contributed by atoms with Crippen LogP contribution in [0, 0.1) is 10.8 Å². The van der Waals surface area contributed by atoms with Crippen molar-refractivity contribution in [2.24, 2.45) is 10.8 Å². The number of methoxy groups -OCH3 is 1. The van der Waals surface area contributed by atoms with E-state index in [2.05, 4.69) is 25.6 Å². The maximum atomic E-state index is 12.7. The topological polar surface area (TPSA) is 106 Å². The van der Waals surface area contributed by atoms with E-state index in [4.69, 9.17) is 4.74 Å². The number of nitrogens with one attached hydrogen (secondary N) is 2. The summed E-state index contributed by atoms with van der Waals surface area (Å²) in [6.07, 6.45) is 5.55. The quantitative estimate of drug-likeness (QED) is 0.543. The molecule has 0 unspecified atom stereocenters. The van der Waals surface area contributed by atoms with Crippen LogP contribution in [0.15, 0.2) is 36.5 Å². The predicted molar refractivity (Wildman–Crippen MR) is 135 cm³/mol. The lowest BCUT2D eigenvalue weighted by atomic mass is 9.95. The number of carbonyl (C=O) groups excluding carboxylic acids is 2. The molecule has 2 heterocycles. The standard InChI is InChI=1S/C26H31N5O3/c1-25(2,3)22(32)28-21-19-14-17(9-8-16-10-12-18(34-7)13-11-16)15-27-20(19)29-24(30-21)31-23(33)26(4,5)6/h8-15H,1-7H3,(H2,27,28,29,30,31,32,33)/b9-8+. The van der Waals surface area contributed by atoms with Gasteiger partial charge in [-0.1, -0.05) is 65.8 Å². The van der Waals surface area contributed by atoms with Gasteiger partial charge in [0.2, 0.25) is 17.8 Å². The Morgan fingerprint density at radius 3 is 2.03 bits per heavy atom. The van der Waals surface area contributed by atoms with Gasteiger partial charge in [-0.3, -0.25) is 14.9 Å². The number of nitrogens with zero attached hydrogens (tertiary/aromatic N) is 3. The summed E-state index contributed by atoms with van der Waals surface area (Å²) in [7, 11) is 1.63. The SMILES string of the molecule is COc1ccc(/C=C/c2cnc3nc(NC(=O)C(C)(C)C)nc(NC(=O)C(C)(C)C)c3c2)cc1. The van der Waals surface area contributed by atoms with Gasteiger partial charge in [0.1, 0.15) is 11.6 Å². The van der Waals surface area contributed by atoms with E-state index < -0.39 is 10.8 Å². The van der Waals surface area contributed by atoms with Crippen LogP contribution in [0.1, 0.15) is 52.7 Å². The van der Waals surface area contributed by atoms with Crippen molar-refractivity contribution in [3.05, 3.63) is 47.7 Å². The first-order valence-corrected chi connectivity index (χ1v) is 11.0. The van der Waals surface area contributed by atoms with Gasteiger partial charge in [0, 0.05) is 17.0 Å². The van der Waals surface area contributed by atoms with E-state index in [-0.39, 0.29) is 17.8 Å². The molecule has 8 heteroatoms. The average Bonchev–Trinajstić information content (AvgIpc) is 2.76. The largest absolute Gasteiger partial charge is 0.497 e. The molecule has 3 aromatic rings. The molecule has 0 aliphatic heterocycles. The number of ether oxygens (including phenoxy) is 1. The normalized spacial score (nSPS) is 12.1. The molecule has 0 bridgehead atoms. The Labute approximate surface area is 199 Å². The first-order valence-electron chi connectivity index (χ1n) is 11.0. The third-order valence-corrected chi connectivity index (χ3v) is 4.98. The van der Waals surface area contributed by atoms with Crippen molar-refractivity contribution in [1.82, 2.24) is 15.0 Å². The van der Waals surface area contributed by atoms with Gasteiger partial charge in [-0.25, -0.2) is 4.98 Å². The van der Waals surface area contributed by atoms with Gasteiger partial charge in [0.05, 0.1) is 12.5 Å². The Kier molecular flexibility index (Phi) is 7.00. The fourth-order valence-electron chi connectivity index (χ4n) is 2.76. The minimum atomic E-state index is -0.634. The van der Waals surface area contributed by atoms with Gasteiger partial charge in [-0.15, -0.1) is 0 Å². The second kappa shape index (κ2) is 9.59. The first kappa shape index (κ1) is 24.8. The van der Waals surface area contributed by atoms with Crippen molar-refractivity contribution >= 4 is 46.8 Å². The Balaban J connectivity index is 2.01. The minimum Gasteiger partial charge on any atom is -0.497 e. The van der Waals surface area contributed by atoms with Crippen LogP contribution in [0.5, 0.6) is 5.75 Å². The van der Waals surface area contributed by atoms with E-state index >= 15 is 0 Å². The molecule has 0 fully saturated rings. The van der Waals surface area contributed by atoms with Crippen LogP contribution >= 0.6 is 0 Å². The molecule has 2 amide bonds. The number of hydrogen-bond acceptors (Lipinski definition) is 6. The van der Waals surface area contributed by atoms with Gasteiger partial charge < -0.3 is 10.1 Å². The second-order valence-electron chi connectivity index (χ2n) is 10.1. The molecule has 0 atom stereocenters. The Morgan fingerprint density at radius 1 is 0.853 bits per heavy atom. The van der Waals surface area contributed by atoms with Crippen molar-refractivity contribution in [2.45, 2.75) is 41.5 Å². The van der Waals surface area contributed by atoms with Crippen LogP contribution < -0.4 is 15.4 Å². The lowest BCUT2D eigenvalue weighted by Crippen LogP contribution is -2.30. The minimum absolute atomic E-state index is 0.0886. The lowest BCUT2D eigenvalue weighted by molar-refractivity contribution is -0.123. The highest BCUT2D eigenvalue weighted by Crippen LogP contribution is 2.26. The highest BCUT2D eigenvalue weighted by atomic mass is 16.5. The summed E-state index contributed by atoms with van der Waals surface area (Å²) >= 11 is 0. The van der Waals surface area contributed by atoms with Crippen LogP contribution in [0.2, 0.25) is 0 Å². The van der Waals surface area contributed by atoms with E-state index in [0.717, 1.165) is 16.9 Å². The number of pyridine rings is 1. The van der Waals surface area contributed by atoms with Crippen molar-refractivity contribution < 1.29 is 14.3 Å². The van der Waals surface area contributed by atoms with Crippen LogP contribution in [-0.2, 0) is 9.59 Å². The molecule has 0 aliphatic carbocycles. The van der Waals surface area contributed by atoms with E-state index in [1.807, 2.05) is 63.3 Å². The number of fused-ring (bicyclic) bond motifs is 1. The first-order chi connectivity index (χ1) is 15.9. The number of rotatable bonds is 5. The molecule has 2 aromatic heterocycles. The van der Waals surface area contributed by atoms with Gasteiger partial charge in [-0.2, -0.15) is 9.97 Å². The lowest BCUT2D eigenvalue weighted by Gasteiger charge is -2.19. The summed E-state index contributed by atoms with van der Waals surface area (Å²) in [5, 5.41) is 6.16. The van der Waals surface area contributed by atoms with Gasteiger partial charge in [0.15, 0.2) is 5.65 Å². The highest BCUT2D eigenvalue weighted by molar-refractivity contribution is 6.02. The molecule has 2 N–H and O–H groups in total. The maximum absolute atomic E-state index is 12.7. The number of anilines is 2. The second-order valence-corrected chi connectivity index (χ2v) is 10.1. The fraction of sp³-hybridized carbons (Fsp3) is 0.346. The number of hydrogen-bond donors (Lipinski definition) is 2. The molecular formula is C26H31N5O3. The van der Waals surface area contributed by atoms with E-state index in [0.29, 0.717) is 16.9 Å². The molecule has 0 saturated carbocycles. The van der Waals surface area contributed by atoms with Crippen LogP contribution in [0.3, 0.4) is 0 Å². The third-order valence-electron chi connectivity index (χ3n) is 4.98. The zero-order valence-corrected chi connectivity index (χ0v) is 20.7. The molecule has 0 spiro atoms. The molecular weight excluding hydrogens is 430 g/mol. The summed E-state index contributed by atoms with van der Waals surface area (Å²) in [6, 6.07) is 9.54. The van der Waals surface area contributed by atoms with Crippen LogP contribution in [0.25, 0.3) is 23.2 Å². The molecule has 8 nitrogen and oxygen atoms in total. The van der Waals surface area contributed by atoms with E-state index in [1.54, 1.807) is 34.1 Å².